The molecule has 0 aromatic rings. The molecule has 0 bridgehead atoms. The topological polar surface area (TPSA) is 54.4 Å². The van der Waals surface area contributed by atoms with Crippen molar-refractivity contribution in [3.63, 3.8) is 0 Å². The van der Waals surface area contributed by atoms with E-state index in [-0.39, 0.29) is 24.6 Å². The largest absolute Gasteiger partial charge is 0.396 e. The molecule has 1 N–H and O–H groups in total. The van der Waals surface area contributed by atoms with E-state index in [2.05, 4.69) is 0 Å². The second-order valence-corrected chi connectivity index (χ2v) is 2.92. The highest BCUT2D eigenvalue weighted by Gasteiger charge is 2.34. The summed E-state index contributed by atoms with van der Waals surface area (Å²) in [4.78, 5) is 21.9. The van der Waals surface area contributed by atoms with Crippen LogP contribution in [0.2, 0.25) is 0 Å². The van der Waals surface area contributed by atoms with E-state index in [9.17, 15) is 9.59 Å². The second kappa shape index (κ2) is 3.62. The van der Waals surface area contributed by atoms with Crippen LogP contribution in [0.3, 0.4) is 0 Å². The zero-order chi connectivity index (χ0) is 9.07. The van der Waals surface area contributed by atoms with Gasteiger partial charge in [-0.2, -0.15) is 0 Å². The minimum Gasteiger partial charge on any atom is -0.396 e. The van der Waals surface area contributed by atoms with Crippen molar-refractivity contribution >= 4 is 11.6 Å². The van der Waals surface area contributed by atoms with Crippen molar-refractivity contribution in [3.05, 3.63) is 0 Å². The van der Waals surface area contributed by atoms with Gasteiger partial charge in [-0.3, -0.25) is 9.59 Å². The summed E-state index contributed by atoms with van der Waals surface area (Å²) in [6.45, 7) is 4.18. The Morgan fingerprint density at radius 3 is 1.73 bits per heavy atom. The summed E-state index contributed by atoms with van der Waals surface area (Å²) in [5.41, 5.74) is -0.977. The second-order valence-electron chi connectivity index (χ2n) is 2.92. The van der Waals surface area contributed by atoms with Crippen LogP contribution in [-0.2, 0) is 9.59 Å². The van der Waals surface area contributed by atoms with E-state index in [4.69, 9.17) is 5.11 Å². The highest BCUT2D eigenvalue weighted by molar-refractivity contribution is 6.04. The molecule has 11 heavy (non-hydrogen) atoms. The van der Waals surface area contributed by atoms with Crippen molar-refractivity contribution < 1.29 is 14.7 Å². The fourth-order valence-corrected chi connectivity index (χ4v) is 0.824. The molecule has 0 unspecified atom stereocenters. The molecule has 0 atom stereocenters. The van der Waals surface area contributed by atoms with E-state index in [1.54, 1.807) is 6.92 Å². The van der Waals surface area contributed by atoms with Crippen molar-refractivity contribution in [1.82, 2.24) is 0 Å². The van der Waals surface area contributed by atoms with Crippen LogP contribution in [0.25, 0.3) is 0 Å². The third-order valence-corrected chi connectivity index (χ3v) is 2.17. The minimum absolute atomic E-state index is 0.129. The Bertz CT molecular complexity index is 158. The standard InChI is InChI=1S/C8H14O3/c1-6(10)8(3,4-5-9)7(2)11/h9H,4-5H2,1-3H3. The van der Waals surface area contributed by atoms with E-state index in [1.165, 1.54) is 13.8 Å². The first kappa shape index (κ1) is 10.3. The third-order valence-electron chi connectivity index (χ3n) is 2.17. The summed E-state index contributed by atoms with van der Waals surface area (Å²) in [5, 5.41) is 8.60. The lowest BCUT2D eigenvalue weighted by molar-refractivity contribution is -0.138. The number of aliphatic hydroxyl groups is 1. The summed E-state index contributed by atoms with van der Waals surface area (Å²) in [7, 11) is 0. The fourth-order valence-electron chi connectivity index (χ4n) is 0.824. The predicted octanol–water partition coefficient (Wildman–Crippen LogP) is 0.553. The van der Waals surface area contributed by atoms with E-state index in [0.29, 0.717) is 0 Å². The van der Waals surface area contributed by atoms with Crippen molar-refractivity contribution in [2.24, 2.45) is 5.41 Å². The molecular weight excluding hydrogens is 144 g/mol. The molecular formula is C8H14O3. The summed E-state index contributed by atoms with van der Waals surface area (Å²) >= 11 is 0. The van der Waals surface area contributed by atoms with E-state index < -0.39 is 5.41 Å². The van der Waals surface area contributed by atoms with Gasteiger partial charge in [0.05, 0.1) is 5.41 Å². The molecule has 0 radical (unpaired) electrons. The van der Waals surface area contributed by atoms with Gasteiger partial charge in [-0.15, -0.1) is 0 Å². The zero-order valence-corrected chi connectivity index (χ0v) is 7.18. The van der Waals surface area contributed by atoms with Gasteiger partial charge in [-0.1, -0.05) is 0 Å². The Morgan fingerprint density at radius 2 is 1.64 bits per heavy atom. The van der Waals surface area contributed by atoms with Crippen LogP contribution in [0, 0.1) is 5.41 Å². The number of hydrogen-bond acceptors (Lipinski definition) is 3. The van der Waals surface area contributed by atoms with Crippen molar-refractivity contribution in [2.45, 2.75) is 27.2 Å². The maximum atomic E-state index is 11.0. The predicted molar refractivity (Wildman–Crippen MR) is 41.2 cm³/mol. The number of hydrogen-bond donors (Lipinski definition) is 1. The van der Waals surface area contributed by atoms with E-state index in [1.807, 2.05) is 0 Å². The van der Waals surface area contributed by atoms with Gasteiger partial charge in [-0.05, 0) is 27.2 Å². The molecule has 0 amide bonds. The first-order valence-corrected chi connectivity index (χ1v) is 3.58. The van der Waals surface area contributed by atoms with Crippen LogP contribution in [0.5, 0.6) is 0 Å². The number of carbonyl (C=O) groups is 2. The van der Waals surface area contributed by atoms with Crippen LogP contribution in [0.4, 0.5) is 0 Å². The quantitative estimate of drug-likeness (QED) is 0.608. The molecule has 0 aliphatic heterocycles. The average molecular weight is 158 g/mol. The van der Waals surface area contributed by atoms with Crippen LogP contribution in [0.1, 0.15) is 27.2 Å². The number of aliphatic hydroxyl groups excluding tert-OH is 1. The Balaban J connectivity index is 4.52. The maximum Gasteiger partial charge on any atom is 0.143 e. The van der Waals surface area contributed by atoms with Gasteiger partial charge in [0, 0.05) is 6.61 Å². The number of rotatable bonds is 4. The van der Waals surface area contributed by atoms with Gasteiger partial charge < -0.3 is 5.11 Å². The lowest BCUT2D eigenvalue weighted by atomic mass is 9.80. The molecule has 0 saturated carbocycles. The Morgan fingerprint density at radius 1 is 1.27 bits per heavy atom. The maximum absolute atomic E-state index is 11.0. The van der Waals surface area contributed by atoms with Crippen molar-refractivity contribution in [3.8, 4) is 0 Å². The van der Waals surface area contributed by atoms with Gasteiger partial charge >= 0.3 is 0 Å². The first-order valence-electron chi connectivity index (χ1n) is 3.58. The normalized spacial score (nSPS) is 11.3. The molecule has 0 heterocycles. The van der Waals surface area contributed by atoms with Crippen LogP contribution < -0.4 is 0 Å². The lowest BCUT2D eigenvalue weighted by Crippen LogP contribution is -2.34. The van der Waals surface area contributed by atoms with Gasteiger partial charge in [0.1, 0.15) is 11.6 Å². The molecule has 0 rings (SSSR count). The Hall–Kier alpha value is -0.700. The molecule has 0 fully saturated rings. The van der Waals surface area contributed by atoms with Gasteiger partial charge in [0.15, 0.2) is 0 Å². The lowest BCUT2D eigenvalue weighted by Gasteiger charge is -2.21. The molecule has 0 spiro atoms. The summed E-state index contributed by atoms with van der Waals surface area (Å²) in [6.07, 6.45) is 0.220. The number of ketones is 2. The fraction of sp³-hybridized carbons (Fsp3) is 0.750. The Labute approximate surface area is 66.4 Å². The van der Waals surface area contributed by atoms with Crippen LogP contribution in [0.15, 0.2) is 0 Å². The van der Waals surface area contributed by atoms with Gasteiger partial charge in [0.2, 0.25) is 0 Å². The molecule has 0 saturated heterocycles. The molecule has 0 aliphatic carbocycles. The molecule has 64 valence electrons. The van der Waals surface area contributed by atoms with Crippen molar-refractivity contribution in [1.29, 1.82) is 0 Å². The van der Waals surface area contributed by atoms with Crippen LogP contribution >= 0.6 is 0 Å². The molecule has 0 aromatic heterocycles. The Kier molecular flexibility index (Phi) is 3.39. The third kappa shape index (κ3) is 2.12. The summed E-state index contributed by atoms with van der Waals surface area (Å²) in [5.74, 6) is -0.363. The summed E-state index contributed by atoms with van der Waals surface area (Å²) < 4.78 is 0. The number of carbonyl (C=O) groups excluding carboxylic acids is 2. The van der Waals surface area contributed by atoms with Gasteiger partial charge in [0.25, 0.3) is 0 Å². The highest BCUT2D eigenvalue weighted by Crippen LogP contribution is 2.23. The average Bonchev–Trinajstić information content (AvgIpc) is 1.87. The highest BCUT2D eigenvalue weighted by atomic mass is 16.3. The number of Topliss-reactive ketones (excluding diaryl/α,β-unsaturated/α-hetero) is 2. The van der Waals surface area contributed by atoms with Crippen molar-refractivity contribution in [2.75, 3.05) is 6.61 Å². The molecule has 3 nitrogen and oxygen atoms in total. The van der Waals surface area contributed by atoms with E-state index >= 15 is 0 Å². The van der Waals surface area contributed by atoms with Gasteiger partial charge in [-0.25, -0.2) is 0 Å². The SMILES string of the molecule is CC(=O)C(C)(CCO)C(C)=O. The zero-order valence-electron chi connectivity index (χ0n) is 7.18. The molecule has 3 heteroatoms. The minimum atomic E-state index is -0.977. The molecule has 0 aromatic carbocycles. The summed E-state index contributed by atoms with van der Waals surface area (Å²) in [6, 6.07) is 0. The molecule has 0 aliphatic rings. The first-order chi connectivity index (χ1) is 4.95. The monoisotopic (exact) mass is 158 g/mol. The smallest absolute Gasteiger partial charge is 0.143 e. The van der Waals surface area contributed by atoms with Crippen LogP contribution in [-0.4, -0.2) is 23.3 Å². The van der Waals surface area contributed by atoms with E-state index in [0.717, 1.165) is 0 Å².